The molecule has 1 aliphatic rings. The molecule has 166 valence electrons. The van der Waals surface area contributed by atoms with Crippen molar-refractivity contribution in [1.29, 1.82) is 0 Å². The van der Waals surface area contributed by atoms with E-state index in [2.05, 4.69) is 10.2 Å². The van der Waals surface area contributed by atoms with Crippen LogP contribution in [-0.4, -0.2) is 59.4 Å². The first-order valence-electron chi connectivity index (χ1n) is 10.5. The van der Waals surface area contributed by atoms with Crippen molar-refractivity contribution in [1.82, 2.24) is 14.4 Å². The predicted octanol–water partition coefficient (Wildman–Crippen LogP) is 2.57. The quantitative estimate of drug-likeness (QED) is 0.736. The summed E-state index contributed by atoms with van der Waals surface area (Å²) in [4.78, 5) is 41.8. The minimum atomic E-state index is -0.436. The summed E-state index contributed by atoms with van der Waals surface area (Å²) >= 11 is 0. The van der Waals surface area contributed by atoms with Gasteiger partial charge in [0.05, 0.1) is 5.56 Å². The molecule has 1 aliphatic heterocycles. The third-order valence-corrected chi connectivity index (χ3v) is 5.51. The molecule has 2 amide bonds. The van der Waals surface area contributed by atoms with Crippen molar-refractivity contribution in [2.45, 2.75) is 38.3 Å². The molecule has 1 fully saturated rings. The molecule has 0 aliphatic carbocycles. The van der Waals surface area contributed by atoms with Gasteiger partial charge < -0.3 is 19.7 Å². The van der Waals surface area contributed by atoms with Gasteiger partial charge >= 0.3 is 0 Å². The van der Waals surface area contributed by atoms with Gasteiger partial charge in [0.15, 0.2) is 0 Å². The second kappa shape index (κ2) is 10.3. The van der Waals surface area contributed by atoms with Crippen LogP contribution in [0, 0.1) is 5.82 Å². The van der Waals surface area contributed by atoms with Crippen LogP contribution in [0.3, 0.4) is 0 Å². The first-order chi connectivity index (χ1) is 14.8. The molecule has 7 nitrogen and oxygen atoms in total. The predicted molar refractivity (Wildman–Crippen MR) is 118 cm³/mol. The molecule has 0 spiro atoms. The minimum absolute atomic E-state index is 0.102. The van der Waals surface area contributed by atoms with Crippen LogP contribution in [0.15, 0.2) is 47.4 Å². The van der Waals surface area contributed by atoms with Crippen LogP contribution in [0.4, 0.5) is 10.1 Å². The van der Waals surface area contributed by atoms with E-state index < -0.39 is 11.7 Å². The molecule has 0 radical (unpaired) electrons. The topological polar surface area (TPSA) is 74.7 Å². The number of amides is 2. The molecular weight excluding hydrogens is 399 g/mol. The van der Waals surface area contributed by atoms with Crippen LogP contribution in [0.25, 0.3) is 0 Å². The van der Waals surface area contributed by atoms with Gasteiger partial charge in [0, 0.05) is 30.5 Å². The number of rotatable bonds is 7. The van der Waals surface area contributed by atoms with Gasteiger partial charge in [-0.25, -0.2) is 4.39 Å². The Labute approximate surface area is 181 Å². The molecule has 1 aromatic heterocycles. The van der Waals surface area contributed by atoms with Crippen LogP contribution in [-0.2, 0) is 11.3 Å². The molecular formula is C23H29FN4O3. The van der Waals surface area contributed by atoms with E-state index in [0.29, 0.717) is 12.2 Å². The Hall–Kier alpha value is -3.00. The number of pyridine rings is 1. The zero-order valence-electron chi connectivity index (χ0n) is 18.0. The van der Waals surface area contributed by atoms with E-state index in [1.54, 1.807) is 0 Å². The maximum atomic E-state index is 13.0. The van der Waals surface area contributed by atoms with Crippen LogP contribution < -0.4 is 10.9 Å². The number of hydrogen-bond acceptors (Lipinski definition) is 4. The fourth-order valence-electron chi connectivity index (χ4n) is 3.80. The molecule has 31 heavy (non-hydrogen) atoms. The Morgan fingerprint density at radius 2 is 1.87 bits per heavy atom. The molecule has 0 bridgehead atoms. The molecule has 1 saturated heterocycles. The highest BCUT2D eigenvalue weighted by molar-refractivity contribution is 6.04. The number of halogens is 1. The fraction of sp³-hybridized carbons (Fsp3) is 0.435. The smallest absolute Gasteiger partial charge is 0.257 e. The average Bonchev–Trinajstić information content (AvgIpc) is 2.75. The van der Waals surface area contributed by atoms with Crippen molar-refractivity contribution in [2.24, 2.45) is 0 Å². The van der Waals surface area contributed by atoms with E-state index >= 15 is 0 Å². The van der Waals surface area contributed by atoms with E-state index in [1.807, 2.05) is 19.0 Å². The number of nitrogens with one attached hydrogen (secondary N) is 1. The number of hydrogen-bond donors (Lipinski definition) is 1. The Bertz CT molecular complexity index is 972. The second-order valence-corrected chi connectivity index (χ2v) is 8.17. The summed E-state index contributed by atoms with van der Waals surface area (Å²) in [5.74, 6) is -0.942. The lowest BCUT2D eigenvalue weighted by Gasteiger charge is -2.36. The number of anilines is 1. The number of likely N-dealkylation sites (tertiary alicyclic amines) is 1. The van der Waals surface area contributed by atoms with E-state index in [1.165, 1.54) is 47.2 Å². The van der Waals surface area contributed by atoms with E-state index in [4.69, 9.17) is 0 Å². The maximum Gasteiger partial charge on any atom is 0.257 e. The Kier molecular flexibility index (Phi) is 7.57. The van der Waals surface area contributed by atoms with Crippen molar-refractivity contribution in [3.8, 4) is 0 Å². The maximum absolute atomic E-state index is 13.0. The van der Waals surface area contributed by atoms with E-state index in [9.17, 15) is 18.8 Å². The highest BCUT2D eigenvalue weighted by Crippen LogP contribution is 2.20. The number of piperidine rings is 1. The van der Waals surface area contributed by atoms with Gasteiger partial charge in [-0.15, -0.1) is 0 Å². The van der Waals surface area contributed by atoms with Gasteiger partial charge in [-0.2, -0.15) is 0 Å². The van der Waals surface area contributed by atoms with Crippen LogP contribution in [0.2, 0.25) is 0 Å². The Morgan fingerprint density at radius 1 is 1.13 bits per heavy atom. The fourth-order valence-corrected chi connectivity index (χ4v) is 3.80. The molecule has 1 N–H and O–H groups in total. The summed E-state index contributed by atoms with van der Waals surface area (Å²) in [5, 5.41) is 2.66. The van der Waals surface area contributed by atoms with Crippen molar-refractivity contribution < 1.29 is 14.0 Å². The van der Waals surface area contributed by atoms with Gasteiger partial charge in [0.1, 0.15) is 12.4 Å². The number of benzene rings is 1. The first-order valence-corrected chi connectivity index (χ1v) is 10.5. The SMILES string of the molecule is CN(C)CC[C@@H]1CCCCN1C(=O)Cn1cc(C(=O)Nc2ccc(F)cc2)ccc1=O. The molecule has 0 unspecified atom stereocenters. The zero-order valence-corrected chi connectivity index (χ0v) is 18.0. The number of aromatic nitrogens is 1. The largest absolute Gasteiger partial charge is 0.338 e. The molecule has 2 heterocycles. The van der Waals surface area contributed by atoms with Crippen molar-refractivity contribution in [3.05, 3.63) is 64.3 Å². The van der Waals surface area contributed by atoms with Crippen molar-refractivity contribution >= 4 is 17.5 Å². The van der Waals surface area contributed by atoms with Gasteiger partial charge in [-0.05, 0) is 76.7 Å². The highest BCUT2D eigenvalue weighted by Gasteiger charge is 2.26. The Morgan fingerprint density at radius 3 is 2.58 bits per heavy atom. The molecule has 0 saturated carbocycles. The number of carbonyl (C=O) groups excluding carboxylic acids is 2. The highest BCUT2D eigenvalue weighted by atomic mass is 19.1. The second-order valence-electron chi connectivity index (χ2n) is 8.17. The van der Waals surface area contributed by atoms with Gasteiger partial charge in [-0.3, -0.25) is 14.4 Å². The third kappa shape index (κ3) is 6.24. The van der Waals surface area contributed by atoms with Gasteiger partial charge in [0.2, 0.25) is 5.91 Å². The molecule has 1 aromatic carbocycles. The Balaban J connectivity index is 1.70. The average molecular weight is 429 g/mol. The zero-order chi connectivity index (χ0) is 22.4. The molecule has 3 rings (SSSR count). The lowest BCUT2D eigenvalue weighted by atomic mass is 9.99. The molecule has 1 atom stereocenters. The summed E-state index contributed by atoms with van der Waals surface area (Å²) in [7, 11) is 4.02. The third-order valence-electron chi connectivity index (χ3n) is 5.51. The standard InChI is InChI=1S/C23H29FN4O3/c1-26(2)14-12-20-5-3-4-13-28(20)22(30)16-27-15-17(6-11-21(27)29)23(31)25-19-9-7-18(24)8-10-19/h6-11,15,20H,3-5,12-14,16H2,1-2H3,(H,25,31)/t20-/m0/s1. The van der Waals surface area contributed by atoms with Gasteiger partial charge in [0.25, 0.3) is 11.5 Å². The van der Waals surface area contributed by atoms with Crippen molar-refractivity contribution in [2.75, 3.05) is 32.5 Å². The summed E-state index contributed by atoms with van der Waals surface area (Å²) in [5.41, 5.74) is 0.352. The van der Waals surface area contributed by atoms with E-state index in [-0.39, 0.29) is 29.6 Å². The number of carbonyl (C=O) groups is 2. The summed E-state index contributed by atoms with van der Waals surface area (Å²) in [6, 6.07) is 8.29. The summed E-state index contributed by atoms with van der Waals surface area (Å²) < 4.78 is 14.3. The van der Waals surface area contributed by atoms with Crippen LogP contribution in [0.5, 0.6) is 0 Å². The molecule has 8 heteroatoms. The van der Waals surface area contributed by atoms with Crippen LogP contribution in [0.1, 0.15) is 36.0 Å². The first kappa shape index (κ1) is 22.7. The number of nitrogens with zero attached hydrogens (tertiary/aromatic N) is 3. The van der Waals surface area contributed by atoms with Crippen molar-refractivity contribution in [3.63, 3.8) is 0 Å². The lowest BCUT2D eigenvalue weighted by Crippen LogP contribution is -2.47. The summed E-state index contributed by atoms with van der Waals surface area (Å²) in [6.07, 6.45) is 5.32. The van der Waals surface area contributed by atoms with E-state index in [0.717, 1.165) is 32.2 Å². The lowest BCUT2D eigenvalue weighted by molar-refractivity contribution is -0.135. The monoisotopic (exact) mass is 428 g/mol. The molecule has 2 aromatic rings. The summed E-state index contributed by atoms with van der Waals surface area (Å²) in [6.45, 7) is 1.48. The van der Waals surface area contributed by atoms with Gasteiger partial charge in [-0.1, -0.05) is 0 Å². The van der Waals surface area contributed by atoms with Crippen LogP contribution >= 0.6 is 0 Å². The minimum Gasteiger partial charge on any atom is -0.338 e. The normalized spacial score (nSPS) is 16.4.